The number of ether oxygens (including phenoxy) is 1. The molecule has 3 saturated heterocycles. The van der Waals surface area contributed by atoms with Crippen molar-refractivity contribution in [1.29, 1.82) is 0 Å². The third-order valence-corrected chi connectivity index (χ3v) is 7.63. The maximum Gasteiger partial charge on any atom is 0.315 e. The van der Waals surface area contributed by atoms with E-state index in [-0.39, 0.29) is 30.9 Å². The number of rotatable bonds is 6. The molecule has 1 aliphatic carbocycles. The molecule has 0 spiro atoms. The van der Waals surface area contributed by atoms with Crippen LogP contribution in [0.1, 0.15) is 57.8 Å². The maximum atomic E-state index is 12.8. The van der Waals surface area contributed by atoms with Crippen LogP contribution in [0.5, 0.6) is 0 Å². The maximum absolute atomic E-state index is 12.8. The Morgan fingerprint density at radius 1 is 0.909 bits per heavy atom. The molecule has 10 heteroatoms. The zero-order chi connectivity index (χ0) is 23.2. The van der Waals surface area contributed by atoms with Crippen molar-refractivity contribution >= 4 is 11.9 Å². The molecule has 33 heavy (non-hydrogen) atoms. The highest BCUT2D eigenvalue weighted by molar-refractivity contribution is 5.77. The summed E-state index contributed by atoms with van der Waals surface area (Å²) in [7, 11) is 0. The second kappa shape index (κ2) is 11.8. The van der Waals surface area contributed by atoms with Gasteiger partial charge in [0.25, 0.3) is 0 Å². The van der Waals surface area contributed by atoms with Gasteiger partial charge in [0.1, 0.15) is 18.3 Å². The molecule has 3 aliphatic heterocycles. The molecule has 0 radical (unpaired) electrons. The highest BCUT2D eigenvalue weighted by atomic mass is 16.5. The number of amides is 3. The van der Waals surface area contributed by atoms with Crippen LogP contribution in [0.4, 0.5) is 4.79 Å². The van der Waals surface area contributed by atoms with E-state index in [1.165, 1.54) is 19.3 Å². The Morgan fingerprint density at radius 3 is 2.30 bits per heavy atom. The van der Waals surface area contributed by atoms with Crippen molar-refractivity contribution in [1.82, 2.24) is 25.8 Å². The molecule has 5 N–H and O–H groups in total. The van der Waals surface area contributed by atoms with Crippen molar-refractivity contribution in [3.8, 4) is 0 Å². The minimum absolute atomic E-state index is 0.0324. The third kappa shape index (κ3) is 6.57. The molecule has 3 heterocycles. The van der Waals surface area contributed by atoms with Crippen molar-refractivity contribution in [3.63, 3.8) is 0 Å². The monoisotopic (exact) mass is 467 g/mol. The van der Waals surface area contributed by atoms with E-state index < -0.39 is 24.4 Å². The highest BCUT2D eigenvalue weighted by Gasteiger charge is 2.44. The quantitative estimate of drug-likeness (QED) is 0.364. The summed E-state index contributed by atoms with van der Waals surface area (Å²) >= 11 is 0. The Balaban J connectivity index is 1.18. The van der Waals surface area contributed by atoms with Crippen molar-refractivity contribution in [2.75, 3.05) is 39.3 Å². The molecule has 4 fully saturated rings. The van der Waals surface area contributed by atoms with Crippen molar-refractivity contribution in [3.05, 3.63) is 0 Å². The number of nitrogens with zero attached hydrogens (tertiary/aromatic N) is 2. The summed E-state index contributed by atoms with van der Waals surface area (Å²) in [6.07, 6.45) is 5.75. The lowest BCUT2D eigenvalue weighted by atomic mass is 9.96. The molecule has 10 nitrogen and oxygen atoms in total. The smallest absolute Gasteiger partial charge is 0.315 e. The fraction of sp³-hybridized carbons (Fsp3) is 0.913. The van der Waals surface area contributed by atoms with E-state index in [1.54, 1.807) is 0 Å². The second-order valence-electron chi connectivity index (χ2n) is 9.97. The summed E-state index contributed by atoms with van der Waals surface area (Å²) in [4.78, 5) is 29.2. The third-order valence-electron chi connectivity index (χ3n) is 7.63. The zero-order valence-corrected chi connectivity index (χ0v) is 19.6. The molecular weight excluding hydrogens is 426 g/mol. The van der Waals surface area contributed by atoms with Gasteiger partial charge in [-0.2, -0.15) is 0 Å². The minimum atomic E-state index is -1.14. The summed E-state index contributed by atoms with van der Waals surface area (Å²) in [5.41, 5.74) is 0. The first-order valence-electron chi connectivity index (χ1n) is 12.8. The zero-order valence-electron chi connectivity index (χ0n) is 19.6. The molecule has 0 aromatic rings. The average Bonchev–Trinajstić information content (AvgIpc) is 3.12. The predicted octanol–water partition coefficient (Wildman–Crippen LogP) is -0.259. The van der Waals surface area contributed by atoms with E-state index in [1.807, 2.05) is 4.90 Å². The van der Waals surface area contributed by atoms with Gasteiger partial charge in [-0.3, -0.25) is 9.69 Å². The van der Waals surface area contributed by atoms with Crippen LogP contribution in [0.25, 0.3) is 0 Å². The van der Waals surface area contributed by atoms with E-state index in [4.69, 9.17) is 4.74 Å². The number of carbonyl (C=O) groups is 2. The SMILES string of the molecule is O=C(NC[C@@H]1O[C@@H](CC(=O)N2CCN(C3CCCCN3)CC2)[C@H](O)[C@@H]1O)NC1CCCCC1. The lowest BCUT2D eigenvalue weighted by Crippen LogP contribution is -2.57. The normalized spacial score (nSPS) is 34.2. The molecule has 0 aromatic carbocycles. The van der Waals surface area contributed by atoms with Crippen LogP contribution in [0, 0.1) is 0 Å². The van der Waals surface area contributed by atoms with Gasteiger partial charge in [-0.1, -0.05) is 19.3 Å². The Kier molecular flexibility index (Phi) is 8.81. The van der Waals surface area contributed by atoms with Crippen LogP contribution in [-0.4, -0.2) is 108 Å². The number of carbonyl (C=O) groups excluding carboxylic acids is 2. The van der Waals surface area contributed by atoms with Gasteiger partial charge in [0.05, 0.1) is 18.7 Å². The van der Waals surface area contributed by atoms with E-state index in [0.29, 0.717) is 19.3 Å². The Hall–Kier alpha value is -1.46. The van der Waals surface area contributed by atoms with Gasteiger partial charge in [0.15, 0.2) is 0 Å². The Morgan fingerprint density at radius 2 is 1.61 bits per heavy atom. The second-order valence-corrected chi connectivity index (χ2v) is 9.97. The molecule has 1 saturated carbocycles. The van der Waals surface area contributed by atoms with Gasteiger partial charge >= 0.3 is 6.03 Å². The molecule has 4 rings (SSSR count). The first kappa shape index (κ1) is 24.7. The summed E-state index contributed by atoms with van der Waals surface area (Å²) in [6, 6.07) is -0.0875. The molecule has 0 aromatic heterocycles. The van der Waals surface area contributed by atoms with E-state index >= 15 is 0 Å². The topological polar surface area (TPSA) is 126 Å². The van der Waals surface area contributed by atoms with Crippen molar-refractivity contribution in [2.24, 2.45) is 0 Å². The number of hydrogen-bond donors (Lipinski definition) is 5. The van der Waals surface area contributed by atoms with Crippen LogP contribution in [0.3, 0.4) is 0 Å². The van der Waals surface area contributed by atoms with Crippen molar-refractivity contribution < 1.29 is 24.5 Å². The molecule has 5 atom stereocenters. The van der Waals surface area contributed by atoms with Crippen LogP contribution in [-0.2, 0) is 9.53 Å². The number of piperazine rings is 1. The molecule has 0 bridgehead atoms. The molecule has 4 aliphatic rings. The first-order chi connectivity index (χ1) is 16.0. The number of aliphatic hydroxyl groups is 2. The number of hydrogen-bond acceptors (Lipinski definition) is 7. The van der Waals surface area contributed by atoms with Crippen LogP contribution in [0.15, 0.2) is 0 Å². The number of urea groups is 1. The fourth-order valence-electron chi connectivity index (χ4n) is 5.57. The van der Waals surface area contributed by atoms with Gasteiger partial charge < -0.3 is 35.8 Å². The van der Waals surface area contributed by atoms with E-state index in [9.17, 15) is 19.8 Å². The van der Waals surface area contributed by atoms with Gasteiger partial charge in [0, 0.05) is 38.8 Å². The lowest BCUT2D eigenvalue weighted by molar-refractivity contribution is -0.137. The van der Waals surface area contributed by atoms with E-state index in [2.05, 4.69) is 20.9 Å². The van der Waals surface area contributed by atoms with Crippen molar-refractivity contribution in [2.45, 2.75) is 94.4 Å². The Labute approximate surface area is 196 Å². The van der Waals surface area contributed by atoms with Crippen LogP contribution in [0.2, 0.25) is 0 Å². The van der Waals surface area contributed by atoms with Gasteiger partial charge in [0.2, 0.25) is 5.91 Å². The standard InChI is InChI=1S/C23H41N5O5/c29-20(28-12-10-27(11-13-28)19-8-4-5-9-24-19)14-17-21(30)22(31)18(33-17)15-25-23(32)26-16-6-2-1-3-7-16/h16-19,21-22,24,30-31H,1-15H2,(H2,25,26,32)/t17-,18-,19?,21-,22+/m0/s1. The number of aliphatic hydroxyl groups excluding tert-OH is 2. The molecule has 188 valence electrons. The summed E-state index contributed by atoms with van der Waals surface area (Å²) in [6.45, 7) is 4.14. The van der Waals surface area contributed by atoms with Crippen LogP contribution >= 0.6 is 0 Å². The average molecular weight is 468 g/mol. The van der Waals surface area contributed by atoms with Crippen LogP contribution < -0.4 is 16.0 Å². The molecular formula is C23H41N5O5. The summed E-state index contributed by atoms with van der Waals surface area (Å²) in [5.74, 6) is -0.0637. The van der Waals surface area contributed by atoms with Gasteiger partial charge in [-0.05, 0) is 38.6 Å². The highest BCUT2D eigenvalue weighted by Crippen LogP contribution is 2.25. The number of nitrogens with one attached hydrogen (secondary N) is 3. The summed E-state index contributed by atoms with van der Waals surface area (Å²) in [5, 5.41) is 30.1. The first-order valence-corrected chi connectivity index (χ1v) is 12.8. The lowest BCUT2D eigenvalue weighted by Gasteiger charge is -2.41. The largest absolute Gasteiger partial charge is 0.388 e. The molecule has 3 amide bonds. The summed E-state index contributed by atoms with van der Waals surface area (Å²) < 4.78 is 5.79. The molecule has 1 unspecified atom stereocenters. The number of piperidine rings is 1. The predicted molar refractivity (Wildman–Crippen MR) is 122 cm³/mol. The van der Waals surface area contributed by atoms with Gasteiger partial charge in [-0.15, -0.1) is 0 Å². The minimum Gasteiger partial charge on any atom is -0.388 e. The fourth-order valence-corrected chi connectivity index (χ4v) is 5.57. The van der Waals surface area contributed by atoms with E-state index in [0.717, 1.165) is 51.7 Å². The van der Waals surface area contributed by atoms with Gasteiger partial charge in [-0.25, -0.2) is 4.79 Å². The Bertz CT molecular complexity index is 647.